The maximum absolute atomic E-state index is 12.0. The van der Waals surface area contributed by atoms with Crippen LogP contribution < -0.4 is 14.9 Å². The van der Waals surface area contributed by atoms with Gasteiger partial charge in [0.25, 0.3) is 5.91 Å². The maximum Gasteiger partial charge on any atom is 0.277 e. The molecule has 0 saturated carbocycles. The molecule has 0 spiro atoms. The monoisotopic (exact) mass is 340 g/mol. The Labute approximate surface area is 148 Å². The third kappa shape index (κ3) is 5.64. The fourth-order valence-electron chi connectivity index (χ4n) is 2.46. The Kier molecular flexibility index (Phi) is 6.57. The van der Waals surface area contributed by atoms with Gasteiger partial charge in [-0.1, -0.05) is 13.0 Å². The Morgan fingerprint density at radius 1 is 1.04 bits per heavy atom. The van der Waals surface area contributed by atoms with Gasteiger partial charge in [-0.2, -0.15) is 5.10 Å². The highest BCUT2D eigenvalue weighted by Gasteiger charge is 2.06. The molecule has 5 nitrogen and oxygen atoms in total. The molecule has 2 rings (SSSR count). The number of hydrogen-bond acceptors (Lipinski definition) is 4. The van der Waals surface area contributed by atoms with Gasteiger partial charge in [0.1, 0.15) is 11.5 Å². The number of amides is 1. The second kappa shape index (κ2) is 8.87. The zero-order chi connectivity index (χ0) is 18.2. The van der Waals surface area contributed by atoms with Crippen LogP contribution >= 0.6 is 0 Å². The highest BCUT2D eigenvalue weighted by Crippen LogP contribution is 2.16. The third-order valence-corrected chi connectivity index (χ3v) is 3.64. The molecule has 0 unspecified atom stereocenters. The molecular formula is C20H24N2O3. The van der Waals surface area contributed by atoms with Gasteiger partial charge in [-0.3, -0.25) is 4.79 Å². The van der Waals surface area contributed by atoms with Crippen LogP contribution in [0.15, 0.2) is 47.6 Å². The van der Waals surface area contributed by atoms with Crippen LogP contribution in [0.2, 0.25) is 0 Å². The molecule has 0 aliphatic heterocycles. The van der Waals surface area contributed by atoms with E-state index in [0.29, 0.717) is 12.2 Å². The van der Waals surface area contributed by atoms with Crippen molar-refractivity contribution in [2.45, 2.75) is 27.2 Å². The molecule has 0 bridgehead atoms. The molecule has 5 heteroatoms. The number of carbonyl (C=O) groups is 1. The predicted octanol–water partition coefficient (Wildman–Crippen LogP) is 3.62. The molecule has 0 saturated heterocycles. The number of hydrogen-bond donors (Lipinski definition) is 1. The molecule has 1 N–H and O–H groups in total. The molecule has 132 valence electrons. The molecule has 0 aliphatic rings. The van der Waals surface area contributed by atoms with Crippen LogP contribution in [0.3, 0.4) is 0 Å². The van der Waals surface area contributed by atoms with Gasteiger partial charge in [0.05, 0.1) is 12.8 Å². The van der Waals surface area contributed by atoms with Crippen molar-refractivity contribution in [1.82, 2.24) is 5.43 Å². The molecular weight excluding hydrogens is 316 g/mol. The summed E-state index contributed by atoms with van der Waals surface area (Å²) in [5, 5.41) is 4.21. The van der Waals surface area contributed by atoms with Gasteiger partial charge in [0.15, 0.2) is 6.61 Å². The topological polar surface area (TPSA) is 59.9 Å². The van der Waals surface area contributed by atoms with Crippen molar-refractivity contribution in [2.75, 3.05) is 13.7 Å². The van der Waals surface area contributed by atoms with Crippen LogP contribution in [-0.2, 0) is 4.79 Å². The lowest BCUT2D eigenvalue weighted by molar-refractivity contribution is -0.123. The van der Waals surface area contributed by atoms with Crippen LogP contribution in [0.5, 0.6) is 11.5 Å². The fourth-order valence-corrected chi connectivity index (χ4v) is 2.46. The van der Waals surface area contributed by atoms with E-state index in [4.69, 9.17) is 9.47 Å². The minimum Gasteiger partial charge on any atom is -0.497 e. The number of hydrazone groups is 1. The molecule has 0 fully saturated rings. The average molecular weight is 340 g/mol. The SMILES string of the molecule is CC/C(=N/NC(=O)COc1cc(C)cc(C)c1)c1ccc(OC)cc1. The lowest BCUT2D eigenvalue weighted by Gasteiger charge is -2.09. The molecule has 25 heavy (non-hydrogen) atoms. The van der Waals surface area contributed by atoms with E-state index in [2.05, 4.69) is 16.6 Å². The predicted molar refractivity (Wildman–Crippen MR) is 99.4 cm³/mol. The van der Waals surface area contributed by atoms with Crippen LogP contribution in [0.25, 0.3) is 0 Å². The first-order valence-corrected chi connectivity index (χ1v) is 8.22. The third-order valence-electron chi connectivity index (χ3n) is 3.64. The van der Waals surface area contributed by atoms with E-state index < -0.39 is 0 Å². The molecule has 2 aromatic rings. The van der Waals surface area contributed by atoms with Crippen molar-refractivity contribution in [2.24, 2.45) is 5.10 Å². The quantitative estimate of drug-likeness (QED) is 0.618. The number of aryl methyl sites for hydroxylation is 2. The molecule has 0 aliphatic carbocycles. The number of rotatable bonds is 7. The zero-order valence-electron chi connectivity index (χ0n) is 15.1. The summed E-state index contributed by atoms with van der Waals surface area (Å²) in [4.78, 5) is 12.0. The second-order valence-electron chi connectivity index (χ2n) is 5.79. The number of nitrogens with one attached hydrogen (secondary N) is 1. The van der Waals surface area contributed by atoms with Gasteiger partial charge in [0, 0.05) is 0 Å². The Morgan fingerprint density at radius 3 is 2.24 bits per heavy atom. The van der Waals surface area contributed by atoms with Crippen LogP contribution in [0.4, 0.5) is 0 Å². The van der Waals surface area contributed by atoms with Gasteiger partial charge < -0.3 is 9.47 Å². The molecule has 1 amide bonds. The highest BCUT2D eigenvalue weighted by atomic mass is 16.5. The summed E-state index contributed by atoms with van der Waals surface area (Å²) in [5.74, 6) is 1.17. The van der Waals surface area contributed by atoms with Gasteiger partial charge in [-0.05, 0) is 73.4 Å². The smallest absolute Gasteiger partial charge is 0.277 e. The summed E-state index contributed by atoms with van der Waals surface area (Å²) in [6.45, 7) is 5.90. The minimum atomic E-state index is -0.293. The van der Waals surface area contributed by atoms with Gasteiger partial charge in [-0.15, -0.1) is 0 Å². The van der Waals surface area contributed by atoms with Gasteiger partial charge in [0.2, 0.25) is 0 Å². The Bertz CT molecular complexity index is 732. The molecule has 0 heterocycles. The lowest BCUT2D eigenvalue weighted by Crippen LogP contribution is -2.26. The van der Waals surface area contributed by atoms with Gasteiger partial charge >= 0.3 is 0 Å². The molecule has 0 radical (unpaired) electrons. The standard InChI is InChI=1S/C20H24N2O3/c1-5-19(16-6-8-17(24-4)9-7-16)21-22-20(23)13-25-18-11-14(2)10-15(3)12-18/h6-12H,5,13H2,1-4H3,(H,22,23)/b21-19-. The first kappa shape index (κ1) is 18.5. The summed E-state index contributed by atoms with van der Waals surface area (Å²) in [6, 6.07) is 13.4. The van der Waals surface area contributed by atoms with E-state index in [9.17, 15) is 4.79 Å². The van der Waals surface area contributed by atoms with E-state index in [1.54, 1.807) is 7.11 Å². The minimum absolute atomic E-state index is 0.0774. The summed E-state index contributed by atoms with van der Waals surface area (Å²) >= 11 is 0. The Hall–Kier alpha value is -2.82. The summed E-state index contributed by atoms with van der Waals surface area (Å²) in [6.07, 6.45) is 0.699. The molecule has 0 atom stereocenters. The van der Waals surface area contributed by atoms with Crippen molar-refractivity contribution in [3.05, 3.63) is 59.2 Å². The Balaban J connectivity index is 1.94. The first-order valence-electron chi connectivity index (χ1n) is 8.22. The van der Waals surface area contributed by atoms with E-state index in [0.717, 1.165) is 28.2 Å². The number of methoxy groups -OCH3 is 1. The lowest BCUT2D eigenvalue weighted by atomic mass is 10.1. The van der Waals surface area contributed by atoms with Crippen molar-refractivity contribution in [3.63, 3.8) is 0 Å². The maximum atomic E-state index is 12.0. The van der Waals surface area contributed by atoms with Gasteiger partial charge in [-0.25, -0.2) is 5.43 Å². The van der Waals surface area contributed by atoms with Crippen molar-refractivity contribution in [3.8, 4) is 11.5 Å². The summed E-state index contributed by atoms with van der Waals surface area (Å²) in [5.41, 5.74) is 6.49. The van der Waals surface area contributed by atoms with E-state index in [1.807, 2.05) is 57.2 Å². The van der Waals surface area contributed by atoms with Crippen LogP contribution in [-0.4, -0.2) is 25.3 Å². The van der Waals surface area contributed by atoms with Crippen LogP contribution in [0, 0.1) is 13.8 Å². The average Bonchev–Trinajstić information content (AvgIpc) is 2.60. The summed E-state index contributed by atoms with van der Waals surface area (Å²) < 4.78 is 10.7. The van der Waals surface area contributed by atoms with E-state index in [-0.39, 0.29) is 12.5 Å². The second-order valence-corrected chi connectivity index (χ2v) is 5.79. The normalized spacial score (nSPS) is 11.1. The zero-order valence-corrected chi connectivity index (χ0v) is 15.1. The van der Waals surface area contributed by atoms with Crippen molar-refractivity contribution < 1.29 is 14.3 Å². The molecule has 0 aromatic heterocycles. The number of benzene rings is 2. The van der Waals surface area contributed by atoms with Crippen LogP contribution in [0.1, 0.15) is 30.0 Å². The van der Waals surface area contributed by atoms with E-state index >= 15 is 0 Å². The first-order chi connectivity index (χ1) is 12.0. The highest BCUT2D eigenvalue weighted by molar-refractivity contribution is 6.01. The number of nitrogens with zero attached hydrogens (tertiary/aromatic N) is 1. The summed E-state index contributed by atoms with van der Waals surface area (Å²) in [7, 11) is 1.62. The number of carbonyl (C=O) groups excluding carboxylic acids is 1. The largest absolute Gasteiger partial charge is 0.497 e. The number of ether oxygens (including phenoxy) is 2. The van der Waals surface area contributed by atoms with Crippen molar-refractivity contribution in [1.29, 1.82) is 0 Å². The fraction of sp³-hybridized carbons (Fsp3) is 0.300. The Morgan fingerprint density at radius 2 is 1.68 bits per heavy atom. The van der Waals surface area contributed by atoms with E-state index in [1.165, 1.54) is 0 Å². The van der Waals surface area contributed by atoms with Crippen molar-refractivity contribution >= 4 is 11.6 Å². The molecule has 2 aromatic carbocycles.